The first-order valence-electron chi connectivity index (χ1n) is 6.42. The number of aromatic nitrogens is 1. The Balaban J connectivity index is 1.76. The first-order valence-corrected chi connectivity index (χ1v) is 8.98. The number of thiazole rings is 1. The van der Waals surface area contributed by atoms with Crippen molar-refractivity contribution in [3.8, 4) is 0 Å². The maximum Gasteiger partial charge on any atom is 0.183 e. The molecule has 0 aliphatic heterocycles. The number of halogens is 2. The molecular weight excluding hydrogens is 331 g/mol. The van der Waals surface area contributed by atoms with Crippen molar-refractivity contribution >= 4 is 51.4 Å². The Kier molecular flexibility index (Phi) is 4.46. The van der Waals surface area contributed by atoms with E-state index in [-0.39, 0.29) is 0 Å². The van der Waals surface area contributed by atoms with Crippen LogP contribution in [-0.4, -0.2) is 12.0 Å². The fraction of sp³-hybridized carbons (Fsp3) is 0.357. The standard InChI is InChI=1S/C14H14Cl2N2S2/c1-17-14-18-12(8-2-3-8)13(20-14)19-7-9-4-5-10(15)6-11(9)16/h4-6,8H,2-3,7H2,1H3,(H,17,18). The van der Waals surface area contributed by atoms with Gasteiger partial charge in [-0.05, 0) is 30.5 Å². The molecule has 0 amide bonds. The number of nitrogens with one attached hydrogen (secondary N) is 1. The highest BCUT2D eigenvalue weighted by atomic mass is 35.5. The monoisotopic (exact) mass is 344 g/mol. The Labute approximate surface area is 136 Å². The minimum Gasteiger partial charge on any atom is -0.365 e. The van der Waals surface area contributed by atoms with Gasteiger partial charge in [-0.1, -0.05) is 40.6 Å². The molecule has 1 aliphatic carbocycles. The average Bonchev–Trinajstić information content (AvgIpc) is 3.19. The van der Waals surface area contributed by atoms with E-state index in [4.69, 9.17) is 23.2 Å². The van der Waals surface area contributed by atoms with Gasteiger partial charge in [0.2, 0.25) is 0 Å². The molecule has 3 rings (SSSR count). The smallest absolute Gasteiger partial charge is 0.183 e. The summed E-state index contributed by atoms with van der Waals surface area (Å²) in [6, 6.07) is 5.68. The third-order valence-corrected chi connectivity index (χ3v) is 6.17. The molecule has 0 spiro atoms. The Morgan fingerprint density at radius 1 is 1.40 bits per heavy atom. The van der Waals surface area contributed by atoms with E-state index in [2.05, 4.69) is 10.3 Å². The number of benzene rings is 1. The van der Waals surface area contributed by atoms with Gasteiger partial charge in [0.1, 0.15) is 0 Å². The van der Waals surface area contributed by atoms with Gasteiger partial charge in [-0.15, -0.1) is 11.8 Å². The van der Waals surface area contributed by atoms with Crippen LogP contribution in [0, 0.1) is 0 Å². The van der Waals surface area contributed by atoms with E-state index in [1.54, 1.807) is 17.4 Å². The molecule has 1 saturated carbocycles. The maximum atomic E-state index is 6.22. The highest BCUT2D eigenvalue weighted by molar-refractivity contribution is 8.00. The van der Waals surface area contributed by atoms with Crippen molar-refractivity contribution in [2.24, 2.45) is 0 Å². The molecule has 1 aliphatic rings. The van der Waals surface area contributed by atoms with E-state index in [1.807, 2.05) is 30.9 Å². The second-order valence-electron chi connectivity index (χ2n) is 4.74. The van der Waals surface area contributed by atoms with Crippen molar-refractivity contribution in [1.82, 2.24) is 4.98 Å². The first kappa shape index (κ1) is 14.5. The van der Waals surface area contributed by atoms with Gasteiger partial charge in [0, 0.05) is 28.8 Å². The third-order valence-electron chi connectivity index (χ3n) is 3.17. The van der Waals surface area contributed by atoms with Crippen LogP contribution in [0.3, 0.4) is 0 Å². The zero-order valence-corrected chi connectivity index (χ0v) is 14.1. The van der Waals surface area contributed by atoms with Crippen molar-refractivity contribution in [3.05, 3.63) is 39.5 Å². The van der Waals surface area contributed by atoms with Crippen LogP contribution >= 0.6 is 46.3 Å². The van der Waals surface area contributed by atoms with Crippen LogP contribution in [0.4, 0.5) is 5.13 Å². The Morgan fingerprint density at radius 3 is 2.85 bits per heavy atom. The lowest BCUT2D eigenvalue weighted by Gasteiger charge is -2.04. The molecule has 0 radical (unpaired) electrons. The SMILES string of the molecule is CNc1nc(C2CC2)c(SCc2ccc(Cl)cc2Cl)s1. The minimum absolute atomic E-state index is 0.663. The second-order valence-corrected chi connectivity index (χ2v) is 7.83. The summed E-state index contributed by atoms with van der Waals surface area (Å²) in [4.78, 5) is 4.67. The van der Waals surface area contributed by atoms with Gasteiger partial charge in [-0.2, -0.15) is 0 Å². The molecule has 0 saturated heterocycles. The summed E-state index contributed by atoms with van der Waals surface area (Å²) in [5.41, 5.74) is 2.37. The number of hydrogen-bond acceptors (Lipinski definition) is 4. The molecule has 1 fully saturated rings. The summed E-state index contributed by atoms with van der Waals surface area (Å²) in [5, 5.41) is 5.55. The van der Waals surface area contributed by atoms with Crippen molar-refractivity contribution in [3.63, 3.8) is 0 Å². The molecular formula is C14H14Cl2N2S2. The number of hydrogen-bond donors (Lipinski definition) is 1. The van der Waals surface area contributed by atoms with Crippen LogP contribution in [0.2, 0.25) is 10.0 Å². The molecule has 1 heterocycles. The number of thioether (sulfide) groups is 1. The van der Waals surface area contributed by atoms with E-state index in [0.29, 0.717) is 10.9 Å². The molecule has 0 atom stereocenters. The number of anilines is 1. The van der Waals surface area contributed by atoms with E-state index < -0.39 is 0 Å². The van der Waals surface area contributed by atoms with Crippen LogP contribution < -0.4 is 5.32 Å². The molecule has 0 bridgehead atoms. The summed E-state index contributed by atoms with van der Waals surface area (Å²) in [6.45, 7) is 0. The third kappa shape index (κ3) is 3.25. The summed E-state index contributed by atoms with van der Waals surface area (Å²) in [7, 11) is 1.92. The molecule has 0 unspecified atom stereocenters. The molecule has 6 heteroatoms. The van der Waals surface area contributed by atoms with Gasteiger partial charge in [-0.3, -0.25) is 0 Å². The summed E-state index contributed by atoms with van der Waals surface area (Å²) >= 11 is 15.7. The lowest BCUT2D eigenvalue weighted by atomic mass is 10.2. The van der Waals surface area contributed by atoms with Gasteiger partial charge in [0.05, 0.1) is 9.90 Å². The Hall–Kier alpha value is -0.420. The average molecular weight is 345 g/mol. The van der Waals surface area contributed by atoms with Crippen LogP contribution in [0.1, 0.15) is 30.0 Å². The highest BCUT2D eigenvalue weighted by Gasteiger charge is 2.29. The first-order chi connectivity index (χ1) is 9.67. The quantitative estimate of drug-likeness (QED) is 0.708. The van der Waals surface area contributed by atoms with Crippen molar-refractivity contribution in [1.29, 1.82) is 0 Å². The predicted molar refractivity (Wildman–Crippen MR) is 89.7 cm³/mol. The zero-order chi connectivity index (χ0) is 14.1. The highest BCUT2D eigenvalue weighted by Crippen LogP contribution is 2.47. The predicted octanol–water partition coefficient (Wildman–Crippen LogP) is 5.66. The normalized spacial score (nSPS) is 14.6. The lowest BCUT2D eigenvalue weighted by Crippen LogP contribution is -1.87. The fourth-order valence-electron chi connectivity index (χ4n) is 1.93. The van der Waals surface area contributed by atoms with Gasteiger partial charge < -0.3 is 5.32 Å². The fourth-order valence-corrected chi connectivity index (χ4v) is 4.77. The Morgan fingerprint density at radius 2 is 2.20 bits per heavy atom. The zero-order valence-electron chi connectivity index (χ0n) is 11.0. The Bertz CT molecular complexity index is 624. The van der Waals surface area contributed by atoms with Crippen LogP contribution in [-0.2, 0) is 5.75 Å². The molecule has 1 N–H and O–H groups in total. The van der Waals surface area contributed by atoms with Gasteiger partial charge in [0.15, 0.2) is 5.13 Å². The maximum absolute atomic E-state index is 6.22. The summed E-state index contributed by atoms with van der Waals surface area (Å²) in [6.07, 6.45) is 2.53. The lowest BCUT2D eigenvalue weighted by molar-refractivity contribution is 1.01. The van der Waals surface area contributed by atoms with E-state index >= 15 is 0 Å². The minimum atomic E-state index is 0.663. The molecule has 106 valence electrons. The van der Waals surface area contributed by atoms with Crippen LogP contribution in [0.15, 0.2) is 22.4 Å². The molecule has 20 heavy (non-hydrogen) atoms. The van der Waals surface area contributed by atoms with Gasteiger partial charge in [-0.25, -0.2) is 4.98 Å². The van der Waals surface area contributed by atoms with Crippen molar-refractivity contribution in [2.75, 3.05) is 12.4 Å². The van der Waals surface area contributed by atoms with Crippen molar-refractivity contribution < 1.29 is 0 Å². The molecule has 2 aromatic rings. The van der Waals surface area contributed by atoms with E-state index in [0.717, 1.165) is 21.5 Å². The van der Waals surface area contributed by atoms with Gasteiger partial charge >= 0.3 is 0 Å². The molecule has 1 aromatic carbocycles. The van der Waals surface area contributed by atoms with Gasteiger partial charge in [0.25, 0.3) is 0 Å². The van der Waals surface area contributed by atoms with Crippen LogP contribution in [0.5, 0.6) is 0 Å². The summed E-state index contributed by atoms with van der Waals surface area (Å²) < 4.78 is 1.31. The largest absolute Gasteiger partial charge is 0.365 e. The number of rotatable bonds is 5. The van der Waals surface area contributed by atoms with Crippen molar-refractivity contribution in [2.45, 2.75) is 28.7 Å². The van der Waals surface area contributed by atoms with Crippen LogP contribution in [0.25, 0.3) is 0 Å². The second kappa shape index (κ2) is 6.14. The van der Waals surface area contributed by atoms with E-state index in [1.165, 1.54) is 22.7 Å². The molecule has 1 aromatic heterocycles. The number of nitrogens with zero attached hydrogens (tertiary/aromatic N) is 1. The topological polar surface area (TPSA) is 24.9 Å². The molecule has 2 nitrogen and oxygen atoms in total. The van der Waals surface area contributed by atoms with E-state index in [9.17, 15) is 0 Å². The summed E-state index contributed by atoms with van der Waals surface area (Å²) in [5.74, 6) is 1.51.